The molecule has 0 saturated carbocycles. The van der Waals surface area contributed by atoms with Gasteiger partial charge in [0, 0.05) is 23.5 Å². The molecule has 2 aromatic carbocycles. The quantitative estimate of drug-likeness (QED) is 0.325. The molecule has 2 nitrogen and oxygen atoms in total. The highest BCUT2D eigenvalue weighted by Gasteiger charge is 2.42. The van der Waals surface area contributed by atoms with Gasteiger partial charge in [0.05, 0.1) is 5.92 Å². The van der Waals surface area contributed by atoms with Crippen molar-refractivity contribution in [3.05, 3.63) is 82.4 Å². The number of ketones is 2. The van der Waals surface area contributed by atoms with E-state index in [-0.39, 0.29) is 22.5 Å². The van der Waals surface area contributed by atoms with Crippen LogP contribution in [-0.4, -0.2) is 15.4 Å². The molecule has 2 atom stereocenters. The smallest absolute Gasteiger partial charge is 0.194 e. The number of Topliss-reactive ketones (excluding diaryl/α,β-unsaturated/α-hetero) is 2. The van der Waals surface area contributed by atoms with Crippen molar-refractivity contribution in [2.45, 2.75) is 10.2 Å². The minimum absolute atomic E-state index is 0.143. The standard InChI is InChI=1S/C20H15Cl5O2/c21-18(22)11-15(19(27)14-9-5-2-6-10-14)16(20(23,24)25)12-17(26)13-7-3-1-4-8-13/h1-11,15-16H,12H2. The topological polar surface area (TPSA) is 34.1 Å². The second-order valence-corrected chi connectivity index (χ2v) is 9.23. The molecule has 142 valence electrons. The van der Waals surface area contributed by atoms with E-state index < -0.39 is 15.6 Å². The molecule has 0 aliphatic carbocycles. The Morgan fingerprint density at radius 2 is 1.33 bits per heavy atom. The molecule has 0 aromatic heterocycles. The largest absolute Gasteiger partial charge is 0.294 e. The Bertz CT molecular complexity index is 809. The van der Waals surface area contributed by atoms with Crippen LogP contribution in [-0.2, 0) is 0 Å². The van der Waals surface area contributed by atoms with Gasteiger partial charge in [-0.25, -0.2) is 0 Å². The summed E-state index contributed by atoms with van der Waals surface area (Å²) in [5.74, 6) is -2.54. The van der Waals surface area contributed by atoms with Gasteiger partial charge in [0.2, 0.25) is 0 Å². The predicted molar refractivity (Wildman–Crippen MR) is 113 cm³/mol. The molecule has 0 fully saturated rings. The monoisotopic (exact) mass is 462 g/mol. The molecule has 2 unspecified atom stereocenters. The summed E-state index contributed by atoms with van der Waals surface area (Å²) in [5, 5.41) is 0. The van der Waals surface area contributed by atoms with Crippen LogP contribution in [0, 0.1) is 11.8 Å². The number of benzene rings is 2. The first-order valence-corrected chi connectivity index (χ1v) is 9.86. The van der Waals surface area contributed by atoms with E-state index in [4.69, 9.17) is 58.0 Å². The maximum Gasteiger partial charge on any atom is 0.194 e. The summed E-state index contributed by atoms with van der Waals surface area (Å²) in [5.41, 5.74) is 0.864. The Morgan fingerprint density at radius 3 is 1.78 bits per heavy atom. The zero-order valence-electron chi connectivity index (χ0n) is 13.9. The lowest BCUT2D eigenvalue weighted by Gasteiger charge is -2.29. The third-order valence-corrected chi connectivity index (χ3v) is 5.11. The van der Waals surface area contributed by atoms with Gasteiger partial charge in [-0.3, -0.25) is 9.59 Å². The zero-order chi connectivity index (χ0) is 20.0. The van der Waals surface area contributed by atoms with Crippen LogP contribution in [0.3, 0.4) is 0 Å². The van der Waals surface area contributed by atoms with Gasteiger partial charge in [-0.15, -0.1) is 0 Å². The Labute approximate surface area is 183 Å². The lowest BCUT2D eigenvalue weighted by molar-refractivity contribution is 0.0874. The fraction of sp³-hybridized carbons (Fsp3) is 0.200. The van der Waals surface area contributed by atoms with E-state index in [1.807, 2.05) is 0 Å². The molecule has 0 radical (unpaired) electrons. The van der Waals surface area contributed by atoms with Crippen LogP contribution in [0.25, 0.3) is 0 Å². The summed E-state index contributed by atoms with van der Waals surface area (Å²) >= 11 is 30.1. The summed E-state index contributed by atoms with van der Waals surface area (Å²) in [4.78, 5) is 25.7. The zero-order valence-corrected chi connectivity index (χ0v) is 17.7. The lowest BCUT2D eigenvalue weighted by Crippen LogP contribution is -2.34. The van der Waals surface area contributed by atoms with Crippen LogP contribution in [0.5, 0.6) is 0 Å². The first-order valence-electron chi connectivity index (χ1n) is 7.97. The fourth-order valence-electron chi connectivity index (χ4n) is 2.69. The number of halogens is 5. The van der Waals surface area contributed by atoms with E-state index in [1.54, 1.807) is 60.7 Å². The van der Waals surface area contributed by atoms with Crippen LogP contribution < -0.4 is 0 Å². The molecule has 0 spiro atoms. The number of allylic oxidation sites excluding steroid dienone is 1. The molecular weight excluding hydrogens is 449 g/mol. The van der Waals surface area contributed by atoms with Crippen LogP contribution in [0.1, 0.15) is 27.1 Å². The maximum absolute atomic E-state index is 13.0. The Morgan fingerprint density at radius 1 is 0.852 bits per heavy atom. The van der Waals surface area contributed by atoms with Crippen molar-refractivity contribution < 1.29 is 9.59 Å². The van der Waals surface area contributed by atoms with E-state index >= 15 is 0 Å². The van der Waals surface area contributed by atoms with E-state index in [1.165, 1.54) is 6.08 Å². The van der Waals surface area contributed by atoms with Gasteiger partial charge in [-0.05, 0) is 6.08 Å². The second kappa shape index (κ2) is 9.95. The van der Waals surface area contributed by atoms with Gasteiger partial charge >= 0.3 is 0 Å². The van der Waals surface area contributed by atoms with Gasteiger partial charge in [0.1, 0.15) is 4.49 Å². The van der Waals surface area contributed by atoms with E-state index in [0.29, 0.717) is 11.1 Å². The van der Waals surface area contributed by atoms with Crippen LogP contribution in [0.15, 0.2) is 71.2 Å². The fourth-order valence-corrected chi connectivity index (χ4v) is 3.60. The number of alkyl halides is 3. The molecular formula is C20H15Cl5O2. The second-order valence-electron chi connectivity index (χ2n) is 5.85. The van der Waals surface area contributed by atoms with Crippen molar-refractivity contribution in [1.29, 1.82) is 0 Å². The van der Waals surface area contributed by atoms with Crippen molar-refractivity contribution in [1.82, 2.24) is 0 Å². The average molecular weight is 465 g/mol. The summed E-state index contributed by atoms with van der Waals surface area (Å²) in [6.45, 7) is 0. The third kappa shape index (κ3) is 6.51. The van der Waals surface area contributed by atoms with Crippen molar-refractivity contribution in [2.75, 3.05) is 0 Å². The maximum atomic E-state index is 13.0. The van der Waals surface area contributed by atoms with Crippen LogP contribution in [0.2, 0.25) is 0 Å². The van der Waals surface area contributed by atoms with E-state index in [9.17, 15) is 9.59 Å². The summed E-state index contributed by atoms with van der Waals surface area (Å²) in [6, 6.07) is 17.1. The number of hydrogen-bond donors (Lipinski definition) is 0. The van der Waals surface area contributed by atoms with Gasteiger partial charge in [0.15, 0.2) is 15.4 Å². The van der Waals surface area contributed by atoms with Gasteiger partial charge < -0.3 is 0 Å². The third-order valence-electron chi connectivity index (χ3n) is 4.02. The Kier molecular flexibility index (Phi) is 8.20. The highest BCUT2D eigenvalue weighted by atomic mass is 35.6. The van der Waals surface area contributed by atoms with Crippen molar-refractivity contribution >= 4 is 69.6 Å². The summed E-state index contributed by atoms with van der Waals surface area (Å²) in [6.07, 6.45) is 1.14. The SMILES string of the molecule is O=C(CC(C(C=C(Cl)Cl)C(=O)c1ccccc1)C(Cl)(Cl)Cl)c1ccccc1. The predicted octanol–water partition coefficient (Wildman–Crippen LogP) is 7.06. The number of hydrogen-bond acceptors (Lipinski definition) is 2. The normalized spacial score (nSPS) is 13.5. The first kappa shape index (κ1) is 22.3. The van der Waals surface area contributed by atoms with Crippen LogP contribution >= 0.6 is 58.0 Å². The van der Waals surface area contributed by atoms with Gasteiger partial charge in [-0.1, -0.05) is 119 Å². The summed E-state index contributed by atoms with van der Waals surface area (Å²) < 4.78 is -2.03. The molecule has 2 rings (SSSR count). The average Bonchev–Trinajstić information content (AvgIpc) is 2.64. The molecule has 0 aliphatic heterocycles. The molecule has 0 N–H and O–H groups in total. The Balaban J connectivity index is 2.41. The molecule has 0 bridgehead atoms. The van der Waals surface area contributed by atoms with Gasteiger partial charge in [-0.2, -0.15) is 0 Å². The molecule has 0 aliphatic rings. The van der Waals surface area contributed by atoms with Crippen molar-refractivity contribution in [3.63, 3.8) is 0 Å². The highest BCUT2D eigenvalue weighted by Crippen LogP contribution is 2.44. The lowest BCUT2D eigenvalue weighted by atomic mass is 9.82. The van der Waals surface area contributed by atoms with Crippen molar-refractivity contribution in [3.8, 4) is 0 Å². The molecule has 7 heteroatoms. The van der Waals surface area contributed by atoms with Gasteiger partial charge in [0.25, 0.3) is 0 Å². The minimum atomic E-state index is -1.89. The number of rotatable bonds is 7. The first-order chi connectivity index (χ1) is 12.7. The number of carbonyl (C=O) groups is 2. The molecule has 0 saturated heterocycles. The molecule has 0 amide bonds. The molecule has 2 aromatic rings. The van der Waals surface area contributed by atoms with Crippen LogP contribution in [0.4, 0.5) is 0 Å². The molecule has 0 heterocycles. The van der Waals surface area contributed by atoms with E-state index in [2.05, 4.69) is 0 Å². The minimum Gasteiger partial charge on any atom is -0.294 e. The summed E-state index contributed by atoms with van der Waals surface area (Å²) in [7, 11) is 0. The van der Waals surface area contributed by atoms with Crippen molar-refractivity contribution in [2.24, 2.45) is 11.8 Å². The molecule has 27 heavy (non-hydrogen) atoms. The highest BCUT2D eigenvalue weighted by molar-refractivity contribution is 6.68. The number of carbonyl (C=O) groups excluding carboxylic acids is 2. The van der Waals surface area contributed by atoms with E-state index in [0.717, 1.165) is 0 Å². The Hall–Kier alpha value is -1.03.